The molecule has 0 bridgehead atoms. The first-order chi connectivity index (χ1) is 9.19. The number of aryl methyl sites for hydroxylation is 1. The quantitative estimate of drug-likeness (QED) is 0.765. The van der Waals surface area contributed by atoms with Crippen molar-refractivity contribution in [1.29, 1.82) is 0 Å². The number of aromatic nitrogens is 3. The minimum atomic E-state index is -0.288. The van der Waals surface area contributed by atoms with Gasteiger partial charge in [0.15, 0.2) is 5.82 Å². The lowest BCUT2D eigenvalue weighted by Crippen LogP contribution is -1.99. The van der Waals surface area contributed by atoms with Crippen molar-refractivity contribution < 1.29 is 4.39 Å². The zero-order chi connectivity index (χ0) is 13.4. The molecule has 0 radical (unpaired) electrons. The number of imidazole rings is 1. The van der Waals surface area contributed by atoms with Crippen LogP contribution in [0.2, 0.25) is 0 Å². The molecule has 0 saturated heterocycles. The van der Waals surface area contributed by atoms with Gasteiger partial charge < -0.3 is 10.3 Å². The van der Waals surface area contributed by atoms with Gasteiger partial charge in [-0.1, -0.05) is 6.07 Å². The van der Waals surface area contributed by atoms with E-state index in [2.05, 4.69) is 9.97 Å². The molecule has 19 heavy (non-hydrogen) atoms. The van der Waals surface area contributed by atoms with Gasteiger partial charge in [0.25, 0.3) is 0 Å². The third-order valence-corrected chi connectivity index (χ3v) is 3.13. The standard InChI is InChI=1S/C14H13FN4/c1-19-13-5-3-10(15)6-12(13)18-14(19)11-4-2-9(7-16)8-17-11/h2-6,8H,7,16H2,1H3. The van der Waals surface area contributed by atoms with Crippen molar-refractivity contribution in [2.24, 2.45) is 12.8 Å². The van der Waals surface area contributed by atoms with Crippen molar-refractivity contribution in [2.75, 3.05) is 0 Å². The van der Waals surface area contributed by atoms with Gasteiger partial charge in [-0.15, -0.1) is 0 Å². The molecule has 5 heteroatoms. The number of hydrogen-bond acceptors (Lipinski definition) is 3. The molecule has 0 amide bonds. The first-order valence-electron chi connectivity index (χ1n) is 5.96. The Morgan fingerprint density at radius 2 is 2.11 bits per heavy atom. The summed E-state index contributed by atoms with van der Waals surface area (Å²) in [5.41, 5.74) is 8.76. The zero-order valence-electron chi connectivity index (χ0n) is 10.5. The topological polar surface area (TPSA) is 56.7 Å². The maximum absolute atomic E-state index is 13.2. The first-order valence-corrected chi connectivity index (χ1v) is 5.96. The van der Waals surface area contributed by atoms with Gasteiger partial charge in [0.05, 0.1) is 11.0 Å². The van der Waals surface area contributed by atoms with E-state index in [1.807, 2.05) is 23.7 Å². The molecular formula is C14H13FN4. The van der Waals surface area contributed by atoms with E-state index in [1.165, 1.54) is 12.1 Å². The molecule has 1 aromatic carbocycles. The number of pyridine rings is 1. The fourth-order valence-corrected chi connectivity index (χ4v) is 2.08. The van der Waals surface area contributed by atoms with Crippen LogP contribution >= 0.6 is 0 Å². The van der Waals surface area contributed by atoms with Gasteiger partial charge in [0, 0.05) is 25.9 Å². The van der Waals surface area contributed by atoms with Gasteiger partial charge in [0.2, 0.25) is 0 Å². The summed E-state index contributed by atoms with van der Waals surface area (Å²) in [6.07, 6.45) is 1.73. The number of hydrogen-bond donors (Lipinski definition) is 1. The summed E-state index contributed by atoms with van der Waals surface area (Å²) in [5, 5.41) is 0. The van der Waals surface area contributed by atoms with E-state index in [-0.39, 0.29) is 5.82 Å². The second-order valence-corrected chi connectivity index (χ2v) is 4.38. The second kappa shape index (κ2) is 4.44. The minimum Gasteiger partial charge on any atom is -0.326 e. The fourth-order valence-electron chi connectivity index (χ4n) is 2.08. The third kappa shape index (κ3) is 1.98. The Balaban J connectivity index is 2.15. The molecule has 3 rings (SSSR count). The summed E-state index contributed by atoms with van der Waals surface area (Å²) in [6, 6.07) is 8.36. The molecule has 2 heterocycles. The van der Waals surface area contributed by atoms with E-state index in [4.69, 9.17) is 5.73 Å². The molecule has 0 unspecified atom stereocenters. The van der Waals surface area contributed by atoms with E-state index >= 15 is 0 Å². The molecule has 0 saturated carbocycles. The van der Waals surface area contributed by atoms with Crippen LogP contribution in [0, 0.1) is 5.82 Å². The predicted octanol–water partition coefficient (Wildman–Crippen LogP) is 2.23. The highest BCUT2D eigenvalue weighted by molar-refractivity contribution is 5.79. The Bertz CT molecular complexity index is 731. The largest absolute Gasteiger partial charge is 0.326 e. The van der Waals surface area contributed by atoms with Crippen LogP contribution < -0.4 is 5.73 Å². The molecule has 2 N–H and O–H groups in total. The third-order valence-electron chi connectivity index (χ3n) is 3.13. The molecule has 2 aromatic heterocycles. The normalized spacial score (nSPS) is 11.1. The number of rotatable bonds is 2. The maximum Gasteiger partial charge on any atom is 0.159 e. The van der Waals surface area contributed by atoms with Crippen LogP contribution in [-0.4, -0.2) is 14.5 Å². The Morgan fingerprint density at radius 3 is 2.79 bits per heavy atom. The highest BCUT2D eigenvalue weighted by atomic mass is 19.1. The van der Waals surface area contributed by atoms with Crippen molar-refractivity contribution in [1.82, 2.24) is 14.5 Å². The lowest BCUT2D eigenvalue weighted by molar-refractivity contribution is 0.629. The Hall–Kier alpha value is -2.27. The number of fused-ring (bicyclic) bond motifs is 1. The molecule has 0 fully saturated rings. The van der Waals surface area contributed by atoms with Crippen molar-refractivity contribution in [3.63, 3.8) is 0 Å². The van der Waals surface area contributed by atoms with Crippen LogP contribution in [0.15, 0.2) is 36.5 Å². The zero-order valence-corrected chi connectivity index (χ0v) is 10.5. The number of halogens is 1. The molecular weight excluding hydrogens is 243 g/mol. The van der Waals surface area contributed by atoms with Crippen LogP contribution in [0.5, 0.6) is 0 Å². The second-order valence-electron chi connectivity index (χ2n) is 4.38. The molecule has 0 aliphatic heterocycles. The van der Waals surface area contributed by atoms with Crippen LogP contribution in [0.3, 0.4) is 0 Å². The van der Waals surface area contributed by atoms with Crippen LogP contribution in [0.4, 0.5) is 4.39 Å². The highest BCUT2D eigenvalue weighted by Crippen LogP contribution is 2.22. The SMILES string of the molecule is Cn1c(-c2ccc(CN)cn2)nc2cc(F)ccc21. The molecule has 0 aliphatic rings. The summed E-state index contributed by atoms with van der Waals surface area (Å²) in [7, 11) is 1.89. The van der Waals surface area contributed by atoms with Crippen molar-refractivity contribution in [3.8, 4) is 11.5 Å². The summed E-state index contributed by atoms with van der Waals surface area (Å²) in [5.74, 6) is 0.424. The Morgan fingerprint density at radius 1 is 1.26 bits per heavy atom. The molecule has 4 nitrogen and oxygen atoms in total. The van der Waals surface area contributed by atoms with Crippen molar-refractivity contribution in [2.45, 2.75) is 6.54 Å². The minimum absolute atomic E-state index is 0.288. The van der Waals surface area contributed by atoms with E-state index in [1.54, 1.807) is 12.3 Å². The van der Waals surface area contributed by atoms with E-state index in [0.29, 0.717) is 17.9 Å². The molecule has 96 valence electrons. The summed E-state index contributed by atoms with van der Waals surface area (Å²) in [4.78, 5) is 8.77. The molecule has 3 aromatic rings. The van der Waals surface area contributed by atoms with Crippen LogP contribution in [0.1, 0.15) is 5.56 Å². The summed E-state index contributed by atoms with van der Waals surface area (Å²) < 4.78 is 15.1. The van der Waals surface area contributed by atoms with Gasteiger partial charge in [-0.3, -0.25) is 4.98 Å². The van der Waals surface area contributed by atoms with Crippen LogP contribution in [0.25, 0.3) is 22.6 Å². The van der Waals surface area contributed by atoms with Crippen molar-refractivity contribution >= 4 is 11.0 Å². The van der Waals surface area contributed by atoms with Gasteiger partial charge >= 0.3 is 0 Å². The Labute approximate surface area is 109 Å². The average molecular weight is 256 g/mol. The first kappa shape index (κ1) is 11.8. The molecule has 0 aliphatic carbocycles. The lowest BCUT2D eigenvalue weighted by Gasteiger charge is -2.02. The molecule has 0 atom stereocenters. The van der Waals surface area contributed by atoms with Crippen LogP contribution in [-0.2, 0) is 13.6 Å². The van der Waals surface area contributed by atoms with Gasteiger partial charge in [-0.05, 0) is 23.8 Å². The monoisotopic (exact) mass is 256 g/mol. The molecule has 0 spiro atoms. The van der Waals surface area contributed by atoms with Gasteiger partial charge in [0.1, 0.15) is 11.5 Å². The number of nitrogens with zero attached hydrogens (tertiary/aromatic N) is 3. The fraction of sp³-hybridized carbons (Fsp3) is 0.143. The average Bonchev–Trinajstić information content (AvgIpc) is 2.75. The summed E-state index contributed by atoms with van der Waals surface area (Å²) in [6.45, 7) is 0.459. The van der Waals surface area contributed by atoms with Gasteiger partial charge in [-0.2, -0.15) is 0 Å². The lowest BCUT2D eigenvalue weighted by atomic mass is 10.2. The smallest absolute Gasteiger partial charge is 0.159 e. The van der Waals surface area contributed by atoms with Gasteiger partial charge in [-0.25, -0.2) is 9.37 Å². The predicted molar refractivity (Wildman–Crippen MR) is 71.8 cm³/mol. The van der Waals surface area contributed by atoms with Crippen molar-refractivity contribution in [3.05, 3.63) is 47.9 Å². The number of benzene rings is 1. The maximum atomic E-state index is 13.2. The van der Waals surface area contributed by atoms with E-state index < -0.39 is 0 Å². The number of nitrogens with two attached hydrogens (primary N) is 1. The van der Waals surface area contributed by atoms with E-state index in [9.17, 15) is 4.39 Å². The van der Waals surface area contributed by atoms with E-state index in [0.717, 1.165) is 16.8 Å². The summed E-state index contributed by atoms with van der Waals surface area (Å²) >= 11 is 0. The highest BCUT2D eigenvalue weighted by Gasteiger charge is 2.11. The Kier molecular flexibility index (Phi) is 2.76.